The monoisotopic (exact) mass is 459 g/mol. The van der Waals surface area contributed by atoms with Gasteiger partial charge in [-0.15, -0.1) is 0 Å². The quantitative estimate of drug-likeness (QED) is 0.485. The molecule has 0 bridgehead atoms. The molecular weight excluding hydrogens is 441 g/mol. The van der Waals surface area contributed by atoms with E-state index in [1.807, 2.05) is 6.92 Å². The van der Waals surface area contributed by atoms with Crippen LogP contribution in [0, 0.1) is 24.1 Å². The Balaban J connectivity index is 1.70. The van der Waals surface area contributed by atoms with Crippen molar-refractivity contribution in [3.05, 3.63) is 107 Å². The second-order valence-electron chi connectivity index (χ2n) is 7.82. The lowest BCUT2D eigenvalue weighted by molar-refractivity contribution is 0.398. The zero-order valence-electron chi connectivity index (χ0n) is 17.5. The molecule has 6 nitrogen and oxygen atoms in total. The summed E-state index contributed by atoms with van der Waals surface area (Å²) in [6.45, 7) is 1.88. The summed E-state index contributed by atoms with van der Waals surface area (Å²) in [5, 5.41) is 10.3. The molecule has 0 saturated heterocycles. The van der Waals surface area contributed by atoms with Gasteiger partial charge in [0.05, 0.1) is 16.3 Å². The molecule has 8 heteroatoms. The summed E-state index contributed by atoms with van der Waals surface area (Å²) in [6.07, 6.45) is 1.47. The summed E-state index contributed by atoms with van der Waals surface area (Å²) < 4.78 is 47.1. The number of fused-ring (bicyclic) bond motifs is 3. The van der Waals surface area contributed by atoms with Crippen LogP contribution in [0.4, 0.5) is 4.39 Å². The van der Waals surface area contributed by atoms with E-state index in [1.54, 1.807) is 54.6 Å². The topological polar surface area (TPSA) is 98.1 Å². The Morgan fingerprint density at radius 3 is 2.39 bits per heavy atom. The number of benzene rings is 3. The molecule has 0 fully saturated rings. The summed E-state index contributed by atoms with van der Waals surface area (Å²) in [5.41, 5.74) is 8.98. The highest BCUT2D eigenvalue weighted by molar-refractivity contribution is 7.90. The number of rotatable bonds is 3. The van der Waals surface area contributed by atoms with E-state index in [9.17, 15) is 18.1 Å². The van der Waals surface area contributed by atoms with Crippen molar-refractivity contribution in [2.45, 2.75) is 17.7 Å². The van der Waals surface area contributed by atoms with Gasteiger partial charge in [-0.25, -0.2) is 16.8 Å². The Morgan fingerprint density at radius 2 is 1.73 bits per heavy atom. The average Bonchev–Trinajstić information content (AvgIpc) is 3.25. The number of allylic oxidation sites excluding steroid dienone is 1. The van der Waals surface area contributed by atoms with Gasteiger partial charge in [0, 0.05) is 17.1 Å². The molecule has 0 aliphatic carbocycles. The van der Waals surface area contributed by atoms with Crippen LogP contribution in [0.2, 0.25) is 0 Å². The number of halogens is 1. The molecule has 2 N–H and O–H groups in total. The van der Waals surface area contributed by atoms with Crippen LogP contribution in [0.3, 0.4) is 0 Å². The SMILES string of the molecule is Cc1ccc(S(=O)(=O)n2ccc3c4c(ccc32)C(c2ccc(F)cc2)C(C#N)=C(N)O4)cc1. The van der Waals surface area contributed by atoms with E-state index in [0.717, 1.165) is 5.56 Å². The number of nitrogens with two attached hydrogens (primary N) is 1. The first kappa shape index (κ1) is 20.8. The first-order chi connectivity index (χ1) is 15.8. The van der Waals surface area contributed by atoms with Crippen molar-refractivity contribution in [3.8, 4) is 11.8 Å². The van der Waals surface area contributed by atoms with Crippen molar-refractivity contribution in [1.29, 1.82) is 5.26 Å². The summed E-state index contributed by atoms with van der Waals surface area (Å²) >= 11 is 0. The molecule has 1 aliphatic heterocycles. The van der Waals surface area contributed by atoms with Crippen LogP contribution in [0.5, 0.6) is 5.75 Å². The average molecular weight is 460 g/mol. The third-order valence-corrected chi connectivity index (χ3v) is 7.50. The van der Waals surface area contributed by atoms with Gasteiger partial charge in [-0.3, -0.25) is 0 Å². The molecule has 3 aromatic carbocycles. The Morgan fingerprint density at radius 1 is 1.03 bits per heavy atom. The first-order valence-electron chi connectivity index (χ1n) is 10.1. The van der Waals surface area contributed by atoms with E-state index in [2.05, 4.69) is 6.07 Å². The second-order valence-corrected chi connectivity index (χ2v) is 9.64. The van der Waals surface area contributed by atoms with E-state index in [1.165, 1.54) is 22.3 Å². The van der Waals surface area contributed by atoms with Crippen LogP contribution < -0.4 is 10.5 Å². The van der Waals surface area contributed by atoms with Crippen molar-refractivity contribution >= 4 is 20.9 Å². The van der Waals surface area contributed by atoms with Crippen molar-refractivity contribution in [3.63, 3.8) is 0 Å². The van der Waals surface area contributed by atoms with Gasteiger partial charge in [0.2, 0.25) is 5.88 Å². The van der Waals surface area contributed by atoms with E-state index in [4.69, 9.17) is 10.5 Å². The largest absolute Gasteiger partial charge is 0.439 e. The Labute approximate surface area is 190 Å². The standard InChI is InChI=1S/C25H18FN3O3S/c1-15-2-8-18(9-3-15)33(30,31)29-13-12-19-22(29)11-10-20-23(16-4-6-17(26)7-5-16)21(14-27)25(28)32-24(19)20/h2-13,23H,28H2,1H3. The molecule has 1 atom stereocenters. The predicted molar refractivity (Wildman–Crippen MR) is 121 cm³/mol. The van der Waals surface area contributed by atoms with Gasteiger partial charge in [0.1, 0.15) is 23.2 Å². The lowest BCUT2D eigenvalue weighted by Crippen LogP contribution is -2.21. The van der Waals surface area contributed by atoms with Crippen molar-refractivity contribution in [2.24, 2.45) is 5.73 Å². The third kappa shape index (κ3) is 3.25. The fourth-order valence-corrected chi connectivity index (χ4v) is 5.49. The highest BCUT2D eigenvalue weighted by Gasteiger charge is 2.33. The number of aryl methyl sites for hydroxylation is 1. The van der Waals surface area contributed by atoms with E-state index in [-0.39, 0.29) is 16.4 Å². The number of nitrogens with zero attached hydrogens (tertiary/aromatic N) is 2. The maximum absolute atomic E-state index is 13.5. The number of aromatic nitrogens is 1. The number of hydrogen-bond donors (Lipinski definition) is 1. The normalized spacial score (nSPS) is 15.7. The third-order valence-electron chi connectivity index (χ3n) is 5.80. The van der Waals surface area contributed by atoms with Crippen LogP contribution in [-0.2, 0) is 10.0 Å². The maximum atomic E-state index is 13.5. The predicted octanol–water partition coefficient (Wildman–Crippen LogP) is 4.54. The van der Waals surface area contributed by atoms with Crippen molar-refractivity contribution in [1.82, 2.24) is 3.97 Å². The van der Waals surface area contributed by atoms with Gasteiger partial charge in [-0.2, -0.15) is 5.26 Å². The van der Waals surface area contributed by atoms with Crippen LogP contribution in [0.1, 0.15) is 22.6 Å². The molecule has 1 unspecified atom stereocenters. The van der Waals surface area contributed by atoms with E-state index in [0.29, 0.717) is 27.8 Å². The molecule has 2 heterocycles. The molecule has 164 valence electrons. The zero-order valence-corrected chi connectivity index (χ0v) is 18.3. The van der Waals surface area contributed by atoms with E-state index < -0.39 is 21.8 Å². The summed E-state index contributed by atoms with van der Waals surface area (Å²) in [5.74, 6) is -0.659. The molecule has 1 aromatic heterocycles. The van der Waals surface area contributed by atoms with Crippen molar-refractivity contribution < 1.29 is 17.5 Å². The highest BCUT2D eigenvalue weighted by atomic mass is 32.2. The minimum atomic E-state index is -3.84. The fraction of sp³-hybridized carbons (Fsp3) is 0.0800. The smallest absolute Gasteiger partial charge is 0.268 e. The minimum absolute atomic E-state index is 0.0685. The summed E-state index contributed by atoms with van der Waals surface area (Å²) in [4.78, 5) is 0.166. The highest BCUT2D eigenvalue weighted by Crippen LogP contribution is 2.45. The van der Waals surface area contributed by atoms with E-state index >= 15 is 0 Å². The molecule has 0 saturated carbocycles. The Bertz CT molecular complexity index is 1580. The minimum Gasteiger partial charge on any atom is -0.439 e. The van der Waals surface area contributed by atoms with Crippen LogP contribution in [-0.4, -0.2) is 12.4 Å². The molecule has 5 rings (SSSR count). The van der Waals surface area contributed by atoms with Crippen LogP contribution in [0.25, 0.3) is 10.9 Å². The first-order valence-corrected chi connectivity index (χ1v) is 11.5. The molecule has 0 spiro atoms. The van der Waals surface area contributed by atoms with Gasteiger partial charge >= 0.3 is 0 Å². The molecule has 1 aliphatic rings. The molecule has 0 radical (unpaired) electrons. The maximum Gasteiger partial charge on any atom is 0.268 e. The fourth-order valence-electron chi connectivity index (χ4n) is 4.14. The van der Waals surface area contributed by atoms with Gasteiger partial charge in [0.25, 0.3) is 10.0 Å². The molecule has 0 amide bonds. The van der Waals surface area contributed by atoms with Gasteiger partial charge in [0.15, 0.2) is 0 Å². The molecule has 4 aromatic rings. The summed E-state index contributed by atoms with van der Waals surface area (Å²) in [6, 6.07) is 19.6. The van der Waals surface area contributed by atoms with Gasteiger partial charge in [-0.05, 0) is 48.9 Å². The Kier molecular flexibility index (Phi) is 4.73. The van der Waals surface area contributed by atoms with Crippen LogP contribution in [0.15, 0.2) is 89.3 Å². The summed E-state index contributed by atoms with van der Waals surface area (Å²) in [7, 11) is -3.84. The molecule has 33 heavy (non-hydrogen) atoms. The van der Waals surface area contributed by atoms with Gasteiger partial charge < -0.3 is 10.5 Å². The number of ether oxygens (including phenoxy) is 1. The zero-order chi connectivity index (χ0) is 23.3. The lowest BCUT2D eigenvalue weighted by Gasteiger charge is -2.27. The second kappa shape index (κ2) is 7.50. The van der Waals surface area contributed by atoms with Crippen molar-refractivity contribution in [2.75, 3.05) is 0 Å². The van der Waals surface area contributed by atoms with Gasteiger partial charge in [-0.1, -0.05) is 35.9 Å². The Hall–Kier alpha value is -4.09. The molecular formula is C25H18FN3O3S. The van der Waals surface area contributed by atoms with Crippen LogP contribution >= 0.6 is 0 Å². The number of nitriles is 1. The lowest BCUT2D eigenvalue weighted by atomic mass is 9.83. The number of hydrogen-bond acceptors (Lipinski definition) is 5.